The van der Waals surface area contributed by atoms with E-state index < -0.39 is 0 Å². The first-order valence-corrected chi connectivity index (χ1v) is 10.9. The lowest BCUT2D eigenvalue weighted by molar-refractivity contribution is 0.102. The van der Waals surface area contributed by atoms with Crippen molar-refractivity contribution in [2.45, 2.75) is 32.9 Å². The van der Waals surface area contributed by atoms with Crippen molar-refractivity contribution < 1.29 is 13.9 Å². The zero-order chi connectivity index (χ0) is 23.2. The van der Waals surface area contributed by atoms with Gasteiger partial charge in [0.2, 0.25) is 0 Å². The van der Waals surface area contributed by atoms with Crippen LogP contribution in [0, 0.1) is 5.82 Å². The molecule has 4 aromatic rings. The molecule has 0 atom stereocenters. The molecular formula is C27H26FN3O2. The Balaban J connectivity index is 1.34. The number of hydrogen-bond acceptors (Lipinski definition) is 3. The Labute approximate surface area is 192 Å². The second-order valence-corrected chi connectivity index (χ2v) is 8.19. The molecule has 4 rings (SSSR count). The van der Waals surface area contributed by atoms with E-state index in [1.165, 1.54) is 17.7 Å². The minimum absolute atomic E-state index is 0.245. The molecule has 0 aliphatic carbocycles. The van der Waals surface area contributed by atoms with Crippen molar-refractivity contribution in [2.75, 3.05) is 5.32 Å². The topological polar surface area (TPSA) is 56.1 Å². The summed E-state index contributed by atoms with van der Waals surface area (Å²) in [6.45, 7) is 5.17. The SMILES string of the molecule is CC(C)c1ccc(OCc2cccc(C(=O)Nc3ccn(Cc4ccc(F)cc4)n3)c2)cc1. The largest absolute Gasteiger partial charge is 0.489 e. The van der Waals surface area contributed by atoms with Crippen LogP contribution in [0.5, 0.6) is 5.75 Å². The van der Waals surface area contributed by atoms with E-state index in [1.54, 1.807) is 35.1 Å². The first-order valence-electron chi connectivity index (χ1n) is 10.9. The summed E-state index contributed by atoms with van der Waals surface area (Å²) >= 11 is 0. The molecule has 6 heteroatoms. The van der Waals surface area contributed by atoms with Gasteiger partial charge in [-0.25, -0.2) is 4.39 Å². The maximum Gasteiger partial charge on any atom is 0.256 e. The van der Waals surface area contributed by atoms with Gasteiger partial charge in [-0.3, -0.25) is 9.48 Å². The molecule has 0 aliphatic rings. The van der Waals surface area contributed by atoms with Crippen LogP contribution in [-0.4, -0.2) is 15.7 Å². The maximum absolute atomic E-state index is 13.1. The fourth-order valence-electron chi connectivity index (χ4n) is 3.40. The average molecular weight is 444 g/mol. The van der Waals surface area contributed by atoms with Gasteiger partial charge in [-0.1, -0.05) is 50.2 Å². The minimum atomic E-state index is -0.274. The lowest BCUT2D eigenvalue weighted by atomic mass is 10.0. The highest BCUT2D eigenvalue weighted by Gasteiger charge is 2.10. The standard InChI is InChI=1S/C27H26FN3O2/c1-19(2)22-8-12-25(13-9-22)33-18-21-4-3-5-23(16-21)27(32)29-26-14-15-31(30-26)17-20-6-10-24(28)11-7-20/h3-16,19H,17-18H2,1-2H3,(H,29,30,32). The van der Waals surface area contributed by atoms with E-state index in [0.29, 0.717) is 30.5 Å². The van der Waals surface area contributed by atoms with Gasteiger partial charge in [0.15, 0.2) is 5.82 Å². The Bertz CT molecular complexity index is 1210. The van der Waals surface area contributed by atoms with Crippen molar-refractivity contribution in [1.82, 2.24) is 9.78 Å². The first kappa shape index (κ1) is 22.3. The van der Waals surface area contributed by atoms with Crippen LogP contribution in [0.4, 0.5) is 10.2 Å². The second kappa shape index (κ2) is 10.1. The number of ether oxygens (including phenoxy) is 1. The highest BCUT2D eigenvalue weighted by molar-refractivity contribution is 6.03. The Morgan fingerprint density at radius 1 is 1.00 bits per heavy atom. The van der Waals surface area contributed by atoms with Gasteiger partial charge in [-0.15, -0.1) is 0 Å². The van der Waals surface area contributed by atoms with Crippen molar-refractivity contribution >= 4 is 11.7 Å². The zero-order valence-corrected chi connectivity index (χ0v) is 18.7. The Kier molecular flexibility index (Phi) is 6.83. The van der Waals surface area contributed by atoms with Crippen LogP contribution in [0.3, 0.4) is 0 Å². The summed E-state index contributed by atoms with van der Waals surface area (Å²) in [6.07, 6.45) is 1.77. The van der Waals surface area contributed by atoms with E-state index in [2.05, 4.69) is 36.4 Å². The third-order valence-corrected chi connectivity index (χ3v) is 5.28. The van der Waals surface area contributed by atoms with Crippen molar-refractivity contribution in [2.24, 2.45) is 0 Å². The number of halogens is 1. The van der Waals surface area contributed by atoms with Crippen LogP contribution in [0.15, 0.2) is 85.1 Å². The van der Waals surface area contributed by atoms with E-state index >= 15 is 0 Å². The lowest BCUT2D eigenvalue weighted by Crippen LogP contribution is -2.13. The number of benzene rings is 3. The molecule has 0 fully saturated rings. The molecule has 1 N–H and O–H groups in total. The molecule has 0 spiro atoms. The number of nitrogens with zero attached hydrogens (tertiary/aromatic N) is 2. The number of hydrogen-bond donors (Lipinski definition) is 1. The Morgan fingerprint density at radius 2 is 1.76 bits per heavy atom. The summed E-state index contributed by atoms with van der Waals surface area (Å²) in [5, 5.41) is 7.20. The van der Waals surface area contributed by atoms with Gasteiger partial charge >= 0.3 is 0 Å². The second-order valence-electron chi connectivity index (χ2n) is 8.19. The van der Waals surface area contributed by atoms with Crippen LogP contribution in [0.1, 0.15) is 46.8 Å². The Morgan fingerprint density at radius 3 is 2.48 bits per heavy atom. The molecule has 33 heavy (non-hydrogen) atoms. The number of amides is 1. The summed E-state index contributed by atoms with van der Waals surface area (Å²) in [4.78, 5) is 12.7. The minimum Gasteiger partial charge on any atom is -0.489 e. The predicted octanol–water partition coefficient (Wildman–Crippen LogP) is 6.03. The Hall–Kier alpha value is -3.93. The summed E-state index contributed by atoms with van der Waals surface area (Å²) in [6, 6.07) is 23.4. The number of rotatable bonds is 8. The highest BCUT2D eigenvalue weighted by Crippen LogP contribution is 2.20. The van der Waals surface area contributed by atoms with Crippen molar-refractivity contribution in [3.05, 3.63) is 113 Å². The van der Waals surface area contributed by atoms with Gasteiger partial charge in [0.1, 0.15) is 18.2 Å². The number of anilines is 1. The lowest BCUT2D eigenvalue weighted by Gasteiger charge is -2.10. The van der Waals surface area contributed by atoms with Gasteiger partial charge in [-0.05, 0) is 59.0 Å². The van der Waals surface area contributed by atoms with Gasteiger partial charge in [0.25, 0.3) is 5.91 Å². The summed E-state index contributed by atoms with van der Waals surface area (Å²) < 4.78 is 20.6. The number of carbonyl (C=O) groups is 1. The van der Waals surface area contributed by atoms with Crippen LogP contribution < -0.4 is 10.1 Å². The first-order chi connectivity index (χ1) is 16.0. The summed E-state index contributed by atoms with van der Waals surface area (Å²) in [5.41, 5.74) is 3.61. The van der Waals surface area contributed by atoms with E-state index in [-0.39, 0.29) is 11.7 Å². The predicted molar refractivity (Wildman–Crippen MR) is 127 cm³/mol. The van der Waals surface area contributed by atoms with Gasteiger partial charge in [0, 0.05) is 17.8 Å². The molecule has 5 nitrogen and oxygen atoms in total. The van der Waals surface area contributed by atoms with E-state index in [4.69, 9.17) is 4.74 Å². The van der Waals surface area contributed by atoms with Crippen LogP contribution in [0.2, 0.25) is 0 Å². The van der Waals surface area contributed by atoms with E-state index in [0.717, 1.165) is 16.9 Å². The summed E-state index contributed by atoms with van der Waals surface area (Å²) in [5.74, 6) is 1.20. The van der Waals surface area contributed by atoms with Crippen LogP contribution >= 0.6 is 0 Å². The average Bonchev–Trinajstić information content (AvgIpc) is 3.26. The molecule has 168 valence electrons. The molecular weight excluding hydrogens is 417 g/mol. The van der Waals surface area contributed by atoms with E-state index in [9.17, 15) is 9.18 Å². The van der Waals surface area contributed by atoms with Gasteiger partial charge in [-0.2, -0.15) is 5.10 Å². The van der Waals surface area contributed by atoms with E-state index in [1.807, 2.05) is 30.3 Å². The van der Waals surface area contributed by atoms with Crippen molar-refractivity contribution in [3.8, 4) is 5.75 Å². The van der Waals surface area contributed by atoms with Crippen LogP contribution in [0.25, 0.3) is 0 Å². The normalized spacial score (nSPS) is 10.9. The molecule has 0 aliphatic heterocycles. The molecule has 0 unspecified atom stereocenters. The molecule has 1 heterocycles. The molecule has 0 saturated carbocycles. The smallest absolute Gasteiger partial charge is 0.256 e. The van der Waals surface area contributed by atoms with Crippen molar-refractivity contribution in [3.63, 3.8) is 0 Å². The summed E-state index contributed by atoms with van der Waals surface area (Å²) in [7, 11) is 0. The highest BCUT2D eigenvalue weighted by atomic mass is 19.1. The third-order valence-electron chi connectivity index (χ3n) is 5.28. The monoisotopic (exact) mass is 443 g/mol. The number of nitrogens with one attached hydrogen (secondary N) is 1. The molecule has 1 amide bonds. The fourth-order valence-corrected chi connectivity index (χ4v) is 3.40. The molecule has 0 radical (unpaired) electrons. The molecule has 3 aromatic carbocycles. The number of carbonyl (C=O) groups excluding carboxylic acids is 1. The molecule has 0 saturated heterocycles. The third kappa shape index (κ3) is 6.07. The van der Waals surface area contributed by atoms with Crippen molar-refractivity contribution in [1.29, 1.82) is 0 Å². The molecule has 0 bridgehead atoms. The quantitative estimate of drug-likeness (QED) is 0.362. The maximum atomic E-state index is 13.1. The fraction of sp³-hybridized carbons (Fsp3) is 0.185. The molecule has 1 aromatic heterocycles. The van der Waals surface area contributed by atoms with Gasteiger partial charge in [0.05, 0.1) is 6.54 Å². The number of aromatic nitrogens is 2. The van der Waals surface area contributed by atoms with Crippen LogP contribution in [-0.2, 0) is 13.2 Å². The zero-order valence-electron chi connectivity index (χ0n) is 18.7. The van der Waals surface area contributed by atoms with Gasteiger partial charge < -0.3 is 10.1 Å².